The van der Waals surface area contributed by atoms with Crippen LogP contribution in [0.2, 0.25) is 0 Å². The normalized spacial score (nSPS) is 13.3. The first-order valence-electron chi connectivity index (χ1n) is 23.2. The Kier molecular flexibility index (Phi) is 23.0. The molecule has 0 spiro atoms. The zero-order valence-corrected chi connectivity index (χ0v) is 35.9. The van der Waals surface area contributed by atoms with E-state index < -0.39 is 0 Å². The molecule has 0 aliphatic carbocycles. The van der Waals surface area contributed by atoms with Crippen molar-refractivity contribution in [3.05, 3.63) is 86.5 Å². The second-order valence-corrected chi connectivity index (χ2v) is 16.6. The Balaban J connectivity index is 2.12. The van der Waals surface area contributed by atoms with Crippen molar-refractivity contribution < 1.29 is 4.70 Å². The van der Waals surface area contributed by atoms with Crippen LogP contribution in [0.25, 0.3) is 16.9 Å². The van der Waals surface area contributed by atoms with Crippen LogP contribution in [0.3, 0.4) is 0 Å². The highest BCUT2D eigenvalue weighted by Crippen LogP contribution is 2.45. The number of unbranched alkanes of at least 4 members (excludes halogenated alkanes) is 17. The Hall–Kier alpha value is -2.48. The van der Waals surface area contributed by atoms with Gasteiger partial charge in [0.1, 0.15) is 0 Å². The molecule has 0 saturated carbocycles. The first-order valence-corrected chi connectivity index (χ1v) is 23.2. The lowest BCUT2D eigenvalue weighted by atomic mass is 9.89. The predicted molar refractivity (Wildman–Crippen MR) is 235 cm³/mol. The SMILES string of the molecule is CCCCCCCCc1cc(CCCC)cc(C2=C(CCCCC)C(CCCCCC)=C(c3cc(CCCC)cc(CCCCCCCC)c3)[N+]2=[N-])c1. The van der Waals surface area contributed by atoms with Gasteiger partial charge in [0.15, 0.2) is 0 Å². The molecule has 296 valence electrons. The van der Waals surface area contributed by atoms with Crippen molar-refractivity contribution in [2.75, 3.05) is 0 Å². The molecule has 0 bridgehead atoms. The highest BCUT2D eigenvalue weighted by Gasteiger charge is 2.35. The first kappa shape index (κ1) is 44.9. The van der Waals surface area contributed by atoms with E-state index in [4.69, 9.17) is 0 Å². The van der Waals surface area contributed by atoms with Crippen LogP contribution in [0.5, 0.6) is 0 Å². The molecule has 1 aliphatic heterocycles. The molecular formula is C51H82N2. The van der Waals surface area contributed by atoms with Crippen molar-refractivity contribution in [2.45, 2.75) is 228 Å². The molecule has 2 nitrogen and oxygen atoms in total. The van der Waals surface area contributed by atoms with E-state index in [1.807, 2.05) is 0 Å². The number of rotatable bonds is 31. The third kappa shape index (κ3) is 15.7. The third-order valence-corrected chi connectivity index (χ3v) is 11.6. The Labute approximate surface area is 329 Å². The lowest BCUT2D eigenvalue weighted by Gasteiger charge is -2.15. The van der Waals surface area contributed by atoms with Gasteiger partial charge in [0, 0.05) is 22.3 Å². The summed E-state index contributed by atoms with van der Waals surface area (Å²) in [6, 6.07) is 14.8. The molecule has 2 aromatic rings. The number of allylic oxidation sites excluding steroid dienone is 2. The second kappa shape index (κ2) is 27.2. The minimum atomic E-state index is 1.04. The highest BCUT2D eigenvalue weighted by atomic mass is 15.2. The topological polar surface area (TPSA) is 25.3 Å². The predicted octanol–water partition coefficient (Wildman–Crippen LogP) is 16.9. The Bertz CT molecular complexity index is 1390. The van der Waals surface area contributed by atoms with E-state index in [-0.39, 0.29) is 0 Å². The fourth-order valence-electron chi connectivity index (χ4n) is 8.42. The fourth-order valence-corrected chi connectivity index (χ4v) is 8.42. The molecule has 0 saturated heterocycles. The number of hydrogen-bond acceptors (Lipinski definition) is 0. The van der Waals surface area contributed by atoms with Gasteiger partial charge in [-0.1, -0.05) is 163 Å². The van der Waals surface area contributed by atoms with Gasteiger partial charge >= 0.3 is 0 Å². The monoisotopic (exact) mass is 723 g/mol. The van der Waals surface area contributed by atoms with Crippen LogP contribution in [0.4, 0.5) is 0 Å². The van der Waals surface area contributed by atoms with Gasteiger partial charge in [-0.25, -0.2) is 4.70 Å². The zero-order valence-electron chi connectivity index (χ0n) is 35.9. The molecule has 1 heterocycles. The highest BCUT2D eigenvalue weighted by molar-refractivity contribution is 5.82. The van der Waals surface area contributed by atoms with Gasteiger partial charge in [0.2, 0.25) is 11.4 Å². The van der Waals surface area contributed by atoms with E-state index in [9.17, 15) is 5.53 Å². The van der Waals surface area contributed by atoms with E-state index in [2.05, 4.69) is 77.9 Å². The molecule has 0 amide bonds. The van der Waals surface area contributed by atoms with Crippen molar-refractivity contribution in [3.63, 3.8) is 0 Å². The molecule has 53 heavy (non-hydrogen) atoms. The molecule has 0 aromatic heterocycles. The molecule has 0 atom stereocenters. The lowest BCUT2D eigenvalue weighted by Crippen LogP contribution is -2.05. The van der Waals surface area contributed by atoms with Crippen LogP contribution in [-0.2, 0) is 25.7 Å². The average Bonchev–Trinajstić information content (AvgIpc) is 3.44. The molecule has 2 aromatic carbocycles. The molecule has 0 radical (unpaired) electrons. The number of benzene rings is 2. The molecule has 0 N–H and O–H groups in total. The maximum absolute atomic E-state index is 12.7. The van der Waals surface area contributed by atoms with Crippen LogP contribution in [0.1, 0.15) is 235 Å². The minimum absolute atomic E-state index is 1.04. The van der Waals surface area contributed by atoms with E-state index in [0.29, 0.717) is 0 Å². The van der Waals surface area contributed by atoms with Gasteiger partial charge in [-0.2, -0.15) is 0 Å². The lowest BCUT2D eigenvalue weighted by molar-refractivity contribution is -0.345. The Morgan fingerprint density at radius 2 is 0.585 bits per heavy atom. The molecule has 3 rings (SSSR count). The molecule has 0 unspecified atom stereocenters. The zero-order chi connectivity index (χ0) is 38.1. The van der Waals surface area contributed by atoms with Crippen LogP contribution in [-0.4, -0.2) is 4.70 Å². The number of hydrogen-bond donors (Lipinski definition) is 0. The van der Waals surface area contributed by atoms with E-state index in [1.54, 1.807) is 4.70 Å². The summed E-state index contributed by atoms with van der Waals surface area (Å²) >= 11 is 0. The smallest absolute Gasteiger partial charge is 0.211 e. The van der Waals surface area contributed by atoms with E-state index in [1.165, 1.54) is 192 Å². The van der Waals surface area contributed by atoms with Crippen molar-refractivity contribution in [1.29, 1.82) is 0 Å². The Morgan fingerprint density at radius 3 is 0.962 bits per heavy atom. The number of aryl methyl sites for hydroxylation is 4. The second-order valence-electron chi connectivity index (χ2n) is 16.6. The van der Waals surface area contributed by atoms with Gasteiger partial charge in [-0.05, 0) is 124 Å². The standard InChI is InChI=1S/C51H82N2/c1-7-13-19-22-24-27-32-44-36-42(30-17-11-5)38-46(40-44)50-48(34-26-16-10-4)49(35-29-21-15-9-3)51(53(50)52)47-39-43(31-18-12-6)37-45(41-47)33-28-25-23-20-14-8-2/h36-41H,7-35H2,1-6H3. The van der Waals surface area contributed by atoms with Gasteiger partial charge in [0.25, 0.3) is 0 Å². The fraction of sp³-hybridized carbons (Fsp3) is 0.686. The first-order chi connectivity index (χ1) is 26.0. The van der Waals surface area contributed by atoms with E-state index >= 15 is 0 Å². The molecular weight excluding hydrogens is 641 g/mol. The third-order valence-electron chi connectivity index (χ3n) is 11.6. The van der Waals surface area contributed by atoms with Crippen molar-refractivity contribution in [2.24, 2.45) is 0 Å². The summed E-state index contributed by atoms with van der Waals surface area (Å²) in [7, 11) is 0. The van der Waals surface area contributed by atoms with Crippen LogP contribution in [0.15, 0.2) is 47.5 Å². The van der Waals surface area contributed by atoms with Gasteiger partial charge in [0.05, 0.1) is 0 Å². The van der Waals surface area contributed by atoms with Crippen LogP contribution in [0, 0.1) is 0 Å². The molecule has 1 aliphatic rings. The summed E-state index contributed by atoms with van der Waals surface area (Å²) in [4.78, 5) is 0. The summed E-state index contributed by atoms with van der Waals surface area (Å²) in [5.74, 6) is 0. The quantitative estimate of drug-likeness (QED) is 0.0547. The average molecular weight is 723 g/mol. The molecule has 0 fully saturated rings. The van der Waals surface area contributed by atoms with Crippen molar-refractivity contribution in [1.82, 2.24) is 0 Å². The van der Waals surface area contributed by atoms with Crippen molar-refractivity contribution >= 4 is 11.4 Å². The Morgan fingerprint density at radius 1 is 0.321 bits per heavy atom. The van der Waals surface area contributed by atoms with Gasteiger partial charge < -0.3 is 5.53 Å². The minimum Gasteiger partial charge on any atom is -0.493 e. The summed E-state index contributed by atoms with van der Waals surface area (Å²) < 4.78 is 1.69. The maximum atomic E-state index is 12.7. The summed E-state index contributed by atoms with van der Waals surface area (Å²) in [6.45, 7) is 13.8. The summed E-state index contributed by atoms with van der Waals surface area (Å²) in [5.41, 5.74) is 26.0. The molecule has 2 heteroatoms. The largest absolute Gasteiger partial charge is 0.493 e. The van der Waals surface area contributed by atoms with Crippen LogP contribution >= 0.6 is 0 Å². The van der Waals surface area contributed by atoms with Crippen molar-refractivity contribution in [3.8, 4) is 0 Å². The van der Waals surface area contributed by atoms with E-state index in [0.717, 1.165) is 49.9 Å². The number of nitrogens with zero attached hydrogens (tertiary/aromatic N) is 2. The van der Waals surface area contributed by atoms with Gasteiger partial charge in [-0.3, -0.25) is 0 Å². The summed E-state index contributed by atoms with van der Waals surface area (Å²) in [5, 5.41) is 0. The maximum Gasteiger partial charge on any atom is 0.211 e. The van der Waals surface area contributed by atoms with Gasteiger partial charge in [-0.15, -0.1) is 0 Å². The van der Waals surface area contributed by atoms with Crippen LogP contribution < -0.4 is 0 Å². The summed E-state index contributed by atoms with van der Waals surface area (Å²) in [6.07, 6.45) is 35.9.